The number of nitrogens with one attached hydrogen (secondary N) is 1. The summed E-state index contributed by atoms with van der Waals surface area (Å²) < 4.78 is 11.8. The molecule has 1 aromatic rings. The van der Waals surface area contributed by atoms with Crippen molar-refractivity contribution in [3.8, 4) is 5.75 Å². The van der Waals surface area contributed by atoms with Gasteiger partial charge in [-0.1, -0.05) is 25.4 Å². The molecule has 1 N–H and O–H groups in total. The van der Waals surface area contributed by atoms with E-state index in [9.17, 15) is 0 Å². The van der Waals surface area contributed by atoms with E-state index in [2.05, 4.69) is 24.1 Å². The van der Waals surface area contributed by atoms with E-state index in [1.54, 1.807) is 18.5 Å². The van der Waals surface area contributed by atoms with Gasteiger partial charge in [-0.2, -0.15) is 0 Å². The molecule has 1 aromatic heterocycles. The standard InChI is InChI=1S/C14H21ClN2O2/c1-3-5-18-14-12(17-4-2)7-13(14)19-11-6-10(15)8-16-9-11/h6,8-9,12-14,17H,3-5,7H2,1-2H3. The summed E-state index contributed by atoms with van der Waals surface area (Å²) in [5, 5.41) is 4.01. The number of aromatic nitrogens is 1. The number of pyridine rings is 1. The maximum absolute atomic E-state index is 5.91. The number of ether oxygens (including phenoxy) is 2. The van der Waals surface area contributed by atoms with Crippen LogP contribution in [0.3, 0.4) is 0 Å². The largest absolute Gasteiger partial charge is 0.486 e. The van der Waals surface area contributed by atoms with E-state index in [4.69, 9.17) is 21.1 Å². The quantitative estimate of drug-likeness (QED) is 0.836. The average molecular weight is 285 g/mol. The highest BCUT2D eigenvalue weighted by Gasteiger charge is 2.43. The van der Waals surface area contributed by atoms with Gasteiger partial charge >= 0.3 is 0 Å². The van der Waals surface area contributed by atoms with Crippen LogP contribution in [-0.2, 0) is 4.74 Å². The van der Waals surface area contributed by atoms with E-state index in [0.717, 1.165) is 26.0 Å². The lowest BCUT2D eigenvalue weighted by Crippen LogP contribution is -2.61. The van der Waals surface area contributed by atoms with Crippen LogP contribution in [0.4, 0.5) is 0 Å². The normalized spacial score (nSPS) is 25.9. The molecule has 1 aliphatic rings. The van der Waals surface area contributed by atoms with Crippen molar-refractivity contribution in [3.63, 3.8) is 0 Å². The second-order valence-corrected chi connectivity index (χ2v) is 5.17. The fourth-order valence-corrected chi connectivity index (χ4v) is 2.43. The first kappa shape index (κ1) is 14.6. The van der Waals surface area contributed by atoms with Crippen LogP contribution in [0, 0.1) is 0 Å². The predicted molar refractivity (Wildman–Crippen MR) is 75.8 cm³/mol. The zero-order valence-corrected chi connectivity index (χ0v) is 12.2. The summed E-state index contributed by atoms with van der Waals surface area (Å²) in [7, 11) is 0. The Morgan fingerprint density at radius 2 is 2.26 bits per heavy atom. The van der Waals surface area contributed by atoms with E-state index in [1.807, 2.05) is 0 Å². The molecular formula is C14H21ClN2O2. The third-order valence-corrected chi connectivity index (χ3v) is 3.40. The first-order valence-electron chi connectivity index (χ1n) is 6.86. The minimum atomic E-state index is 0.0795. The summed E-state index contributed by atoms with van der Waals surface area (Å²) in [6.07, 6.45) is 5.44. The molecule has 0 amide bonds. The van der Waals surface area contributed by atoms with Gasteiger partial charge in [0.2, 0.25) is 0 Å². The number of likely N-dealkylation sites (N-methyl/N-ethyl adjacent to an activating group) is 1. The van der Waals surface area contributed by atoms with Crippen molar-refractivity contribution in [3.05, 3.63) is 23.5 Å². The molecule has 0 aromatic carbocycles. The Balaban J connectivity index is 1.92. The molecule has 3 atom stereocenters. The van der Waals surface area contributed by atoms with Crippen LogP contribution in [-0.4, -0.2) is 36.4 Å². The first-order valence-corrected chi connectivity index (χ1v) is 7.24. The van der Waals surface area contributed by atoms with E-state index in [1.165, 1.54) is 0 Å². The number of nitrogens with zero attached hydrogens (tertiary/aromatic N) is 1. The highest BCUT2D eigenvalue weighted by molar-refractivity contribution is 6.30. The molecular weight excluding hydrogens is 264 g/mol. The molecule has 106 valence electrons. The van der Waals surface area contributed by atoms with Crippen molar-refractivity contribution >= 4 is 11.6 Å². The molecule has 5 heteroatoms. The SMILES string of the molecule is CCCOC1C(NCC)CC1Oc1cncc(Cl)c1. The zero-order valence-electron chi connectivity index (χ0n) is 11.4. The molecule has 19 heavy (non-hydrogen) atoms. The lowest BCUT2D eigenvalue weighted by Gasteiger charge is -2.44. The topological polar surface area (TPSA) is 43.4 Å². The number of rotatable bonds is 7. The predicted octanol–water partition coefficient (Wildman–Crippen LogP) is 2.66. The summed E-state index contributed by atoms with van der Waals surface area (Å²) in [6, 6.07) is 2.17. The number of halogens is 1. The first-order chi connectivity index (χ1) is 9.24. The Kier molecular flexibility index (Phi) is 5.43. The molecule has 2 rings (SSSR count). The van der Waals surface area contributed by atoms with Crippen LogP contribution < -0.4 is 10.1 Å². The van der Waals surface area contributed by atoms with E-state index < -0.39 is 0 Å². The number of hydrogen-bond donors (Lipinski definition) is 1. The fraction of sp³-hybridized carbons (Fsp3) is 0.643. The summed E-state index contributed by atoms with van der Waals surface area (Å²) >= 11 is 5.90. The third kappa shape index (κ3) is 3.81. The molecule has 0 radical (unpaired) electrons. The Morgan fingerprint density at radius 3 is 2.95 bits per heavy atom. The second kappa shape index (κ2) is 7.08. The molecule has 1 fully saturated rings. The van der Waals surface area contributed by atoms with Gasteiger partial charge in [-0.15, -0.1) is 0 Å². The van der Waals surface area contributed by atoms with Gasteiger partial charge in [-0.3, -0.25) is 4.98 Å². The van der Waals surface area contributed by atoms with E-state index in [0.29, 0.717) is 16.8 Å². The van der Waals surface area contributed by atoms with Gasteiger partial charge < -0.3 is 14.8 Å². The average Bonchev–Trinajstić information content (AvgIpc) is 2.38. The fourth-order valence-electron chi connectivity index (χ4n) is 2.27. The van der Waals surface area contributed by atoms with Crippen molar-refractivity contribution in [2.45, 2.75) is 44.9 Å². The molecule has 3 unspecified atom stereocenters. The van der Waals surface area contributed by atoms with Crippen LogP contribution in [0.5, 0.6) is 5.75 Å². The highest BCUT2D eigenvalue weighted by atomic mass is 35.5. The Labute approximate surface area is 119 Å². The van der Waals surface area contributed by atoms with E-state index in [-0.39, 0.29) is 12.2 Å². The molecule has 1 saturated carbocycles. The van der Waals surface area contributed by atoms with Gasteiger partial charge in [0.05, 0.1) is 11.2 Å². The van der Waals surface area contributed by atoms with Gasteiger partial charge in [0.25, 0.3) is 0 Å². The smallest absolute Gasteiger partial charge is 0.139 e. The van der Waals surface area contributed by atoms with Crippen molar-refractivity contribution in [2.24, 2.45) is 0 Å². The van der Waals surface area contributed by atoms with Crippen molar-refractivity contribution in [2.75, 3.05) is 13.2 Å². The van der Waals surface area contributed by atoms with Gasteiger partial charge in [-0.05, 0) is 13.0 Å². The molecule has 0 bridgehead atoms. The van der Waals surface area contributed by atoms with Crippen molar-refractivity contribution < 1.29 is 9.47 Å². The van der Waals surface area contributed by atoms with Gasteiger partial charge in [-0.25, -0.2) is 0 Å². The second-order valence-electron chi connectivity index (χ2n) is 4.73. The third-order valence-electron chi connectivity index (χ3n) is 3.20. The monoisotopic (exact) mass is 284 g/mol. The molecule has 1 aliphatic carbocycles. The van der Waals surface area contributed by atoms with Crippen LogP contribution in [0.2, 0.25) is 5.02 Å². The Morgan fingerprint density at radius 1 is 1.42 bits per heavy atom. The zero-order chi connectivity index (χ0) is 13.7. The van der Waals surface area contributed by atoms with Gasteiger partial charge in [0.1, 0.15) is 18.0 Å². The lowest BCUT2D eigenvalue weighted by atomic mass is 9.85. The minimum absolute atomic E-state index is 0.0795. The summed E-state index contributed by atoms with van der Waals surface area (Å²) in [6.45, 7) is 5.92. The molecule has 1 heterocycles. The number of hydrogen-bond acceptors (Lipinski definition) is 4. The van der Waals surface area contributed by atoms with Crippen LogP contribution in [0.1, 0.15) is 26.7 Å². The van der Waals surface area contributed by atoms with Crippen LogP contribution in [0.15, 0.2) is 18.5 Å². The van der Waals surface area contributed by atoms with Crippen molar-refractivity contribution in [1.82, 2.24) is 10.3 Å². The van der Waals surface area contributed by atoms with Crippen LogP contribution in [0.25, 0.3) is 0 Å². The molecule has 0 aliphatic heterocycles. The summed E-state index contributed by atoms with van der Waals surface area (Å²) in [5.41, 5.74) is 0. The summed E-state index contributed by atoms with van der Waals surface area (Å²) in [5.74, 6) is 0.706. The molecule has 4 nitrogen and oxygen atoms in total. The van der Waals surface area contributed by atoms with Crippen LogP contribution >= 0.6 is 11.6 Å². The molecule has 0 saturated heterocycles. The van der Waals surface area contributed by atoms with Crippen molar-refractivity contribution in [1.29, 1.82) is 0 Å². The highest BCUT2D eigenvalue weighted by Crippen LogP contribution is 2.29. The Bertz CT molecular complexity index is 403. The van der Waals surface area contributed by atoms with Gasteiger partial charge in [0.15, 0.2) is 0 Å². The molecule has 0 spiro atoms. The maximum atomic E-state index is 5.91. The maximum Gasteiger partial charge on any atom is 0.139 e. The minimum Gasteiger partial charge on any atom is -0.486 e. The summed E-state index contributed by atoms with van der Waals surface area (Å²) in [4.78, 5) is 4.02. The Hall–Kier alpha value is -0.840. The van der Waals surface area contributed by atoms with Gasteiger partial charge in [0, 0.05) is 31.3 Å². The van der Waals surface area contributed by atoms with E-state index >= 15 is 0 Å². The lowest BCUT2D eigenvalue weighted by molar-refractivity contribution is -0.107.